The number of anilines is 2. The van der Waals surface area contributed by atoms with Crippen LogP contribution in [0.5, 0.6) is 11.5 Å². The number of urea groups is 2. The van der Waals surface area contributed by atoms with Gasteiger partial charge in [-0.3, -0.25) is 0 Å². The van der Waals surface area contributed by atoms with Crippen molar-refractivity contribution in [2.24, 2.45) is 0 Å². The number of phenols is 2. The first-order valence-electron chi connectivity index (χ1n) is 10.5. The minimum Gasteiger partial charge on any atom is -0.508 e. The third-order valence-electron chi connectivity index (χ3n) is 5.18. The molecule has 172 valence electrons. The van der Waals surface area contributed by atoms with Gasteiger partial charge in [0.1, 0.15) is 11.5 Å². The number of hydrogen-bond acceptors (Lipinski definition) is 4. The molecule has 33 heavy (non-hydrogen) atoms. The summed E-state index contributed by atoms with van der Waals surface area (Å²) in [5.41, 5.74) is 3.44. The van der Waals surface area contributed by atoms with Crippen molar-refractivity contribution in [1.82, 2.24) is 10.6 Å². The second kappa shape index (κ2) is 10.4. The summed E-state index contributed by atoms with van der Waals surface area (Å²) in [6.07, 6.45) is 0. The number of nitrogens with one attached hydrogen (secondary N) is 4. The average molecular weight is 449 g/mol. The van der Waals surface area contributed by atoms with Crippen molar-refractivity contribution >= 4 is 23.4 Å². The molecule has 3 aromatic carbocycles. The maximum Gasteiger partial charge on any atom is 0.319 e. The lowest BCUT2D eigenvalue weighted by molar-refractivity contribution is 0.248. The average Bonchev–Trinajstić information content (AvgIpc) is 2.76. The standard InChI is InChI=1S/C25H28N4O4/c1-15-10-11-20(28-24(32)26-16(2)18-6-4-8-21(30)12-18)14-23(15)29-25(33)27-17(3)19-7-5-9-22(31)13-19/h4-14,16-17,30-31H,1-3H3,(H2,26,28,32)(H2,27,29,33). The molecule has 8 heteroatoms. The van der Waals surface area contributed by atoms with Crippen molar-refractivity contribution in [3.63, 3.8) is 0 Å². The number of phenolic OH excluding ortho intramolecular Hbond substituents is 2. The van der Waals surface area contributed by atoms with Crippen LogP contribution in [0.4, 0.5) is 21.0 Å². The number of benzene rings is 3. The van der Waals surface area contributed by atoms with Gasteiger partial charge in [-0.1, -0.05) is 30.3 Å². The fourth-order valence-corrected chi connectivity index (χ4v) is 3.31. The molecule has 0 aliphatic rings. The molecule has 2 atom stereocenters. The summed E-state index contributed by atoms with van der Waals surface area (Å²) in [4.78, 5) is 24.9. The Kier molecular flexibility index (Phi) is 7.40. The maximum atomic E-state index is 12.5. The number of amides is 4. The zero-order chi connectivity index (χ0) is 24.0. The summed E-state index contributed by atoms with van der Waals surface area (Å²) in [6, 6.07) is 17.1. The third kappa shape index (κ3) is 6.64. The summed E-state index contributed by atoms with van der Waals surface area (Å²) in [7, 11) is 0. The van der Waals surface area contributed by atoms with Crippen LogP contribution in [0, 0.1) is 6.92 Å². The first kappa shape index (κ1) is 23.5. The highest BCUT2D eigenvalue weighted by atomic mass is 16.3. The largest absolute Gasteiger partial charge is 0.508 e. The molecule has 0 aliphatic carbocycles. The normalized spacial score (nSPS) is 12.3. The predicted octanol–water partition coefficient (Wildman–Crippen LogP) is 5.17. The first-order chi connectivity index (χ1) is 15.7. The van der Waals surface area contributed by atoms with Gasteiger partial charge in [-0.25, -0.2) is 9.59 Å². The summed E-state index contributed by atoms with van der Waals surface area (Å²) in [5.74, 6) is 0.264. The highest BCUT2D eigenvalue weighted by molar-refractivity contribution is 5.93. The lowest BCUT2D eigenvalue weighted by Gasteiger charge is -2.18. The second-order valence-electron chi connectivity index (χ2n) is 7.86. The van der Waals surface area contributed by atoms with Gasteiger partial charge in [-0.15, -0.1) is 0 Å². The van der Waals surface area contributed by atoms with Crippen LogP contribution in [0.15, 0.2) is 66.7 Å². The van der Waals surface area contributed by atoms with Crippen LogP contribution in [0.2, 0.25) is 0 Å². The van der Waals surface area contributed by atoms with Crippen LogP contribution >= 0.6 is 0 Å². The second-order valence-corrected chi connectivity index (χ2v) is 7.86. The van der Waals surface area contributed by atoms with E-state index in [0.29, 0.717) is 11.4 Å². The van der Waals surface area contributed by atoms with Gasteiger partial charge in [-0.05, 0) is 73.9 Å². The van der Waals surface area contributed by atoms with Gasteiger partial charge in [0.05, 0.1) is 12.1 Å². The number of aromatic hydroxyl groups is 2. The third-order valence-corrected chi connectivity index (χ3v) is 5.18. The van der Waals surface area contributed by atoms with Gasteiger partial charge in [0.25, 0.3) is 0 Å². The van der Waals surface area contributed by atoms with E-state index < -0.39 is 12.1 Å². The fraction of sp³-hybridized carbons (Fsp3) is 0.200. The smallest absolute Gasteiger partial charge is 0.319 e. The Morgan fingerprint density at radius 1 is 0.727 bits per heavy atom. The molecule has 0 heterocycles. The van der Waals surface area contributed by atoms with Crippen LogP contribution < -0.4 is 21.3 Å². The molecule has 0 radical (unpaired) electrons. The number of rotatable bonds is 6. The SMILES string of the molecule is Cc1ccc(NC(=O)NC(C)c2cccc(O)c2)cc1NC(=O)NC(C)c1cccc(O)c1. The molecule has 0 fully saturated rings. The molecular formula is C25H28N4O4. The van der Waals surface area contributed by atoms with Crippen LogP contribution in [0.1, 0.15) is 42.6 Å². The Balaban J connectivity index is 1.60. The highest BCUT2D eigenvalue weighted by Crippen LogP contribution is 2.22. The topological polar surface area (TPSA) is 123 Å². The number of carbonyl (C=O) groups excluding carboxylic acids is 2. The molecule has 0 aliphatic heterocycles. The molecule has 0 aromatic heterocycles. The lowest BCUT2D eigenvalue weighted by Crippen LogP contribution is -2.32. The van der Waals surface area contributed by atoms with Crippen molar-refractivity contribution in [2.75, 3.05) is 10.6 Å². The zero-order valence-electron chi connectivity index (χ0n) is 18.7. The molecule has 0 saturated heterocycles. The summed E-state index contributed by atoms with van der Waals surface area (Å²) in [5, 5.41) is 30.4. The van der Waals surface area contributed by atoms with Gasteiger partial charge in [0.15, 0.2) is 0 Å². The molecule has 2 unspecified atom stereocenters. The first-order valence-corrected chi connectivity index (χ1v) is 10.5. The quantitative estimate of drug-likeness (QED) is 0.311. The molecule has 0 saturated carbocycles. The Hall–Kier alpha value is -4.20. The lowest BCUT2D eigenvalue weighted by atomic mass is 10.1. The van der Waals surface area contributed by atoms with E-state index in [1.807, 2.05) is 32.9 Å². The van der Waals surface area contributed by atoms with E-state index in [0.717, 1.165) is 16.7 Å². The van der Waals surface area contributed by atoms with Crippen molar-refractivity contribution in [3.05, 3.63) is 83.4 Å². The van der Waals surface area contributed by atoms with Gasteiger partial charge in [0, 0.05) is 11.4 Å². The fourth-order valence-electron chi connectivity index (χ4n) is 3.31. The van der Waals surface area contributed by atoms with E-state index in [4.69, 9.17) is 0 Å². The van der Waals surface area contributed by atoms with Gasteiger partial charge in [-0.2, -0.15) is 0 Å². The Bertz CT molecular complexity index is 1150. The van der Waals surface area contributed by atoms with Crippen LogP contribution in [-0.4, -0.2) is 22.3 Å². The van der Waals surface area contributed by atoms with E-state index in [2.05, 4.69) is 21.3 Å². The van der Waals surface area contributed by atoms with Crippen molar-refractivity contribution in [2.45, 2.75) is 32.9 Å². The molecule has 0 bridgehead atoms. The van der Waals surface area contributed by atoms with Crippen LogP contribution in [0.25, 0.3) is 0 Å². The highest BCUT2D eigenvalue weighted by Gasteiger charge is 2.13. The van der Waals surface area contributed by atoms with E-state index in [9.17, 15) is 19.8 Å². The number of carbonyl (C=O) groups is 2. The van der Waals surface area contributed by atoms with E-state index in [1.165, 1.54) is 0 Å². The summed E-state index contributed by atoms with van der Waals surface area (Å²) in [6.45, 7) is 5.48. The number of aryl methyl sites for hydroxylation is 1. The van der Waals surface area contributed by atoms with Crippen molar-refractivity contribution < 1.29 is 19.8 Å². The zero-order valence-corrected chi connectivity index (χ0v) is 18.7. The molecular weight excluding hydrogens is 420 g/mol. The van der Waals surface area contributed by atoms with Gasteiger partial charge >= 0.3 is 12.1 Å². The van der Waals surface area contributed by atoms with E-state index in [-0.39, 0.29) is 23.6 Å². The van der Waals surface area contributed by atoms with Crippen molar-refractivity contribution in [1.29, 1.82) is 0 Å². The van der Waals surface area contributed by atoms with E-state index in [1.54, 1.807) is 54.6 Å². The monoisotopic (exact) mass is 448 g/mol. The molecule has 3 rings (SSSR count). The number of hydrogen-bond donors (Lipinski definition) is 6. The molecule has 3 aromatic rings. The molecule has 6 N–H and O–H groups in total. The summed E-state index contributed by atoms with van der Waals surface area (Å²) >= 11 is 0. The van der Waals surface area contributed by atoms with Crippen molar-refractivity contribution in [3.8, 4) is 11.5 Å². The minimum absolute atomic E-state index is 0.132. The summed E-state index contributed by atoms with van der Waals surface area (Å²) < 4.78 is 0. The molecule has 0 spiro atoms. The predicted molar refractivity (Wildman–Crippen MR) is 129 cm³/mol. The Morgan fingerprint density at radius 2 is 1.24 bits per heavy atom. The van der Waals surface area contributed by atoms with E-state index >= 15 is 0 Å². The van der Waals surface area contributed by atoms with Crippen LogP contribution in [0.3, 0.4) is 0 Å². The Labute approximate surface area is 192 Å². The van der Waals surface area contributed by atoms with Gasteiger partial charge in [0.2, 0.25) is 0 Å². The minimum atomic E-state index is -0.414. The maximum absolute atomic E-state index is 12.5. The van der Waals surface area contributed by atoms with Gasteiger partial charge < -0.3 is 31.5 Å². The van der Waals surface area contributed by atoms with Crippen LogP contribution in [-0.2, 0) is 0 Å². The molecule has 4 amide bonds. The molecule has 8 nitrogen and oxygen atoms in total. The Morgan fingerprint density at radius 3 is 1.76 bits per heavy atom.